The van der Waals surface area contributed by atoms with Crippen LogP contribution in [0.1, 0.15) is 30.5 Å². The van der Waals surface area contributed by atoms with Crippen LogP contribution < -0.4 is 10.6 Å². The molecule has 1 heterocycles. The zero-order valence-corrected chi connectivity index (χ0v) is 17.6. The van der Waals surface area contributed by atoms with Gasteiger partial charge in [0.25, 0.3) is 0 Å². The molecule has 0 fully saturated rings. The Morgan fingerprint density at radius 3 is 2.21 bits per heavy atom. The molecule has 24 heavy (non-hydrogen) atoms. The van der Waals surface area contributed by atoms with Crippen LogP contribution in [0.15, 0.2) is 46.1 Å². The third-order valence-corrected chi connectivity index (χ3v) is 4.06. The molecule has 0 aliphatic rings. The molecule has 0 atom stereocenters. The quantitative estimate of drug-likeness (QED) is 0.372. The smallest absolute Gasteiger partial charge is 0.191 e. The van der Waals surface area contributed by atoms with E-state index in [1.165, 1.54) is 16.7 Å². The summed E-state index contributed by atoms with van der Waals surface area (Å²) in [5.74, 6) is 0.809. The third kappa shape index (κ3) is 7.63. The molecular formula is C18H26IN3OS. The number of ether oxygens (including phenoxy) is 1. The van der Waals surface area contributed by atoms with Crippen LogP contribution in [-0.2, 0) is 24.4 Å². The predicted octanol–water partition coefficient (Wildman–Crippen LogP) is 4.16. The molecule has 0 radical (unpaired) electrons. The first-order valence-corrected chi connectivity index (χ1v) is 8.76. The SMILES string of the molecule is CN=C(NCc1ccc(COC(C)C)cc1)NCc1ccsc1.I. The van der Waals surface area contributed by atoms with E-state index in [-0.39, 0.29) is 30.1 Å². The summed E-state index contributed by atoms with van der Waals surface area (Å²) in [6, 6.07) is 10.6. The van der Waals surface area contributed by atoms with Gasteiger partial charge in [-0.15, -0.1) is 24.0 Å². The Morgan fingerprint density at radius 2 is 1.67 bits per heavy atom. The lowest BCUT2D eigenvalue weighted by Gasteiger charge is -2.12. The molecule has 1 aromatic carbocycles. The van der Waals surface area contributed by atoms with Crippen molar-refractivity contribution >= 4 is 41.3 Å². The van der Waals surface area contributed by atoms with Crippen molar-refractivity contribution in [1.29, 1.82) is 0 Å². The maximum absolute atomic E-state index is 5.61. The summed E-state index contributed by atoms with van der Waals surface area (Å²) < 4.78 is 5.61. The fraction of sp³-hybridized carbons (Fsp3) is 0.389. The summed E-state index contributed by atoms with van der Waals surface area (Å²) in [4.78, 5) is 4.25. The predicted molar refractivity (Wildman–Crippen MR) is 113 cm³/mol. The Labute approximate surface area is 165 Å². The van der Waals surface area contributed by atoms with Gasteiger partial charge in [-0.2, -0.15) is 11.3 Å². The molecule has 4 nitrogen and oxygen atoms in total. The van der Waals surface area contributed by atoms with Crippen LogP contribution in [0.4, 0.5) is 0 Å². The first-order chi connectivity index (χ1) is 11.2. The zero-order valence-electron chi connectivity index (χ0n) is 14.4. The van der Waals surface area contributed by atoms with Crippen LogP contribution in [0.25, 0.3) is 0 Å². The molecule has 0 saturated heterocycles. The average molecular weight is 459 g/mol. The van der Waals surface area contributed by atoms with E-state index in [0.717, 1.165) is 19.0 Å². The first kappa shape index (κ1) is 20.9. The summed E-state index contributed by atoms with van der Waals surface area (Å²) in [7, 11) is 1.79. The van der Waals surface area contributed by atoms with Crippen LogP contribution >= 0.6 is 35.3 Å². The van der Waals surface area contributed by atoms with Crippen LogP contribution in [-0.4, -0.2) is 19.1 Å². The second-order valence-corrected chi connectivity index (χ2v) is 6.37. The molecule has 0 spiro atoms. The number of benzene rings is 1. The highest BCUT2D eigenvalue weighted by Crippen LogP contribution is 2.07. The number of thiophene rings is 1. The second-order valence-electron chi connectivity index (χ2n) is 5.59. The lowest BCUT2D eigenvalue weighted by molar-refractivity contribution is 0.0657. The van der Waals surface area contributed by atoms with Crippen molar-refractivity contribution in [3.63, 3.8) is 0 Å². The Kier molecular flexibility index (Phi) is 9.97. The van der Waals surface area contributed by atoms with E-state index in [1.54, 1.807) is 18.4 Å². The number of hydrogen-bond acceptors (Lipinski definition) is 3. The summed E-state index contributed by atoms with van der Waals surface area (Å²) in [5.41, 5.74) is 3.69. The molecule has 6 heteroatoms. The largest absolute Gasteiger partial charge is 0.374 e. The molecule has 0 saturated carbocycles. The number of nitrogens with one attached hydrogen (secondary N) is 2. The molecule has 132 valence electrons. The molecule has 0 aliphatic heterocycles. The van der Waals surface area contributed by atoms with E-state index in [0.29, 0.717) is 6.61 Å². The number of aliphatic imine (C=N–C) groups is 1. The van der Waals surface area contributed by atoms with Gasteiger partial charge in [0.2, 0.25) is 0 Å². The normalized spacial score (nSPS) is 11.2. The number of guanidine groups is 1. The zero-order chi connectivity index (χ0) is 16.5. The van der Waals surface area contributed by atoms with Crippen molar-refractivity contribution < 1.29 is 4.74 Å². The lowest BCUT2D eigenvalue weighted by Crippen LogP contribution is -2.36. The molecule has 0 aliphatic carbocycles. The van der Waals surface area contributed by atoms with Crippen molar-refractivity contribution in [3.05, 3.63) is 57.8 Å². The number of nitrogens with zero attached hydrogens (tertiary/aromatic N) is 1. The van der Waals surface area contributed by atoms with Gasteiger partial charge in [0.05, 0.1) is 12.7 Å². The van der Waals surface area contributed by atoms with Gasteiger partial charge in [-0.05, 0) is 47.4 Å². The molecule has 2 aromatic rings. The van der Waals surface area contributed by atoms with E-state index < -0.39 is 0 Å². The summed E-state index contributed by atoms with van der Waals surface area (Å²) in [6.45, 7) is 6.29. The number of rotatable bonds is 7. The topological polar surface area (TPSA) is 45.7 Å². The molecule has 2 N–H and O–H groups in total. The number of halogens is 1. The van der Waals surface area contributed by atoms with Crippen molar-refractivity contribution in [2.45, 2.75) is 39.6 Å². The van der Waals surface area contributed by atoms with Crippen molar-refractivity contribution in [1.82, 2.24) is 10.6 Å². The van der Waals surface area contributed by atoms with Crippen LogP contribution in [0.2, 0.25) is 0 Å². The Hall–Kier alpha value is -1.12. The van der Waals surface area contributed by atoms with E-state index in [9.17, 15) is 0 Å². The van der Waals surface area contributed by atoms with Crippen molar-refractivity contribution in [2.24, 2.45) is 4.99 Å². The first-order valence-electron chi connectivity index (χ1n) is 7.82. The van der Waals surface area contributed by atoms with Gasteiger partial charge >= 0.3 is 0 Å². The minimum atomic E-state index is 0. The van der Waals surface area contributed by atoms with Gasteiger partial charge in [-0.25, -0.2) is 0 Å². The Bertz CT molecular complexity index is 597. The maximum atomic E-state index is 5.61. The van der Waals surface area contributed by atoms with Crippen LogP contribution in [0.3, 0.4) is 0 Å². The highest BCUT2D eigenvalue weighted by Gasteiger charge is 2.01. The second kappa shape index (κ2) is 11.4. The van der Waals surface area contributed by atoms with Gasteiger partial charge in [-0.1, -0.05) is 24.3 Å². The molecular weight excluding hydrogens is 433 g/mol. The summed E-state index contributed by atoms with van der Waals surface area (Å²) in [6.07, 6.45) is 0.258. The Balaban J connectivity index is 0.00000288. The number of hydrogen-bond donors (Lipinski definition) is 2. The molecule has 1 aromatic heterocycles. The van der Waals surface area contributed by atoms with Crippen molar-refractivity contribution in [2.75, 3.05) is 7.05 Å². The minimum Gasteiger partial charge on any atom is -0.374 e. The van der Waals surface area contributed by atoms with Gasteiger partial charge < -0.3 is 15.4 Å². The van der Waals surface area contributed by atoms with Crippen LogP contribution in [0, 0.1) is 0 Å². The average Bonchev–Trinajstić information content (AvgIpc) is 3.07. The van der Waals surface area contributed by atoms with Crippen molar-refractivity contribution in [3.8, 4) is 0 Å². The minimum absolute atomic E-state index is 0. The fourth-order valence-corrected chi connectivity index (χ4v) is 2.67. The highest BCUT2D eigenvalue weighted by atomic mass is 127. The molecule has 0 bridgehead atoms. The van der Waals surface area contributed by atoms with E-state index in [1.807, 2.05) is 13.8 Å². The van der Waals surface area contributed by atoms with Crippen LogP contribution in [0.5, 0.6) is 0 Å². The summed E-state index contributed by atoms with van der Waals surface area (Å²) >= 11 is 1.71. The molecule has 0 unspecified atom stereocenters. The highest BCUT2D eigenvalue weighted by molar-refractivity contribution is 14.0. The maximum Gasteiger partial charge on any atom is 0.191 e. The monoisotopic (exact) mass is 459 g/mol. The van der Waals surface area contributed by atoms with Gasteiger partial charge in [-0.3, -0.25) is 4.99 Å². The fourth-order valence-electron chi connectivity index (χ4n) is 2.00. The van der Waals surface area contributed by atoms with Gasteiger partial charge in [0.15, 0.2) is 5.96 Å². The summed E-state index contributed by atoms with van der Waals surface area (Å²) in [5, 5.41) is 10.9. The Morgan fingerprint density at radius 1 is 1.04 bits per heavy atom. The lowest BCUT2D eigenvalue weighted by atomic mass is 10.1. The van der Waals surface area contributed by atoms with Gasteiger partial charge in [0.1, 0.15) is 0 Å². The standard InChI is InChI=1S/C18H25N3OS.HI/c1-14(2)22-12-16-6-4-15(5-7-16)10-20-18(19-3)21-11-17-8-9-23-13-17;/h4-9,13-14H,10-12H2,1-3H3,(H2,19,20,21);1H. The van der Waals surface area contributed by atoms with E-state index in [4.69, 9.17) is 4.74 Å². The molecule has 2 rings (SSSR count). The van der Waals surface area contributed by atoms with E-state index in [2.05, 4.69) is 56.7 Å². The van der Waals surface area contributed by atoms with Gasteiger partial charge in [0, 0.05) is 20.1 Å². The molecule has 0 amide bonds. The third-order valence-electron chi connectivity index (χ3n) is 3.33. The van der Waals surface area contributed by atoms with E-state index >= 15 is 0 Å².